The second-order valence-corrected chi connectivity index (χ2v) is 14.4. The van der Waals surface area contributed by atoms with Crippen LogP contribution in [0.15, 0.2) is 191 Å². The molecule has 4 aromatic heterocycles. The lowest BCUT2D eigenvalue weighted by atomic mass is 10.0. The quantitative estimate of drug-likeness (QED) is 0.176. The van der Waals surface area contributed by atoms with Crippen molar-refractivity contribution in [2.75, 3.05) is 0 Å². The molecule has 0 radical (unpaired) electrons. The van der Waals surface area contributed by atoms with Gasteiger partial charge < -0.3 is 13.4 Å². The smallest absolute Gasteiger partial charge is 0.164 e. The molecule has 4 heterocycles. The maximum Gasteiger partial charge on any atom is 0.164 e. The minimum absolute atomic E-state index is 0.564. The highest BCUT2D eigenvalue weighted by Gasteiger charge is 2.18. The van der Waals surface area contributed by atoms with Crippen LogP contribution in [0.5, 0.6) is 0 Å². The Kier molecular flexibility index (Phi) is 6.83. The lowest BCUT2D eigenvalue weighted by Gasteiger charge is -2.08. The van der Waals surface area contributed by atoms with Crippen LogP contribution in [0.1, 0.15) is 0 Å². The predicted molar refractivity (Wildman–Crippen MR) is 230 cm³/mol. The third-order valence-electron chi connectivity index (χ3n) is 11.1. The lowest BCUT2D eigenvalue weighted by Crippen LogP contribution is -2.00. The second-order valence-electron chi connectivity index (χ2n) is 14.4. The van der Waals surface area contributed by atoms with Crippen LogP contribution in [0.2, 0.25) is 0 Å². The molecule has 0 aliphatic heterocycles. The summed E-state index contributed by atoms with van der Waals surface area (Å²) in [6, 6.07) is 62.9. The standard InChI is InChI=1S/C51H30N4O2/c1-3-11-31(12-4-1)49-52-50(34-20-24-39-38-16-8-10-18-45(38)56-47(39)29-34)54-51(53-49)35-21-25-41-40-23-19-33(28-46(40)57-48(41)30-35)32-22-26-44-42(27-32)37-15-7-9-17-43(37)55(44)36-13-5-2-6-14-36/h1-30H. The van der Waals surface area contributed by atoms with Crippen LogP contribution >= 0.6 is 0 Å². The van der Waals surface area contributed by atoms with Crippen molar-refractivity contribution >= 4 is 65.7 Å². The average molecular weight is 731 g/mol. The lowest BCUT2D eigenvalue weighted by molar-refractivity contribution is 0.669. The van der Waals surface area contributed by atoms with Gasteiger partial charge in [-0.2, -0.15) is 0 Å². The van der Waals surface area contributed by atoms with Gasteiger partial charge in [-0.05, 0) is 83.9 Å². The topological polar surface area (TPSA) is 69.9 Å². The fraction of sp³-hybridized carbons (Fsp3) is 0. The molecule has 12 rings (SSSR count). The molecule has 0 spiro atoms. The second kappa shape index (κ2) is 12.3. The Morgan fingerprint density at radius 1 is 0.298 bits per heavy atom. The molecule has 57 heavy (non-hydrogen) atoms. The van der Waals surface area contributed by atoms with Gasteiger partial charge in [-0.1, -0.05) is 109 Å². The first kappa shape index (κ1) is 31.5. The van der Waals surface area contributed by atoms with Crippen LogP contribution in [0.3, 0.4) is 0 Å². The normalized spacial score (nSPS) is 11.9. The average Bonchev–Trinajstić information content (AvgIpc) is 3.95. The highest BCUT2D eigenvalue weighted by atomic mass is 16.3. The van der Waals surface area contributed by atoms with Crippen LogP contribution in [-0.2, 0) is 0 Å². The number of benzene rings is 8. The van der Waals surface area contributed by atoms with Crippen molar-refractivity contribution in [1.82, 2.24) is 19.5 Å². The summed E-state index contributed by atoms with van der Waals surface area (Å²) in [5.74, 6) is 1.73. The fourth-order valence-corrected chi connectivity index (χ4v) is 8.32. The summed E-state index contributed by atoms with van der Waals surface area (Å²) < 4.78 is 15.2. The van der Waals surface area contributed by atoms with Gasteiger partial charge in [-0.15, -0.1) is 0 Å². The van der Waals surface area contributed by atoms with Crippen molar-refractivity contribution in [3.8, 4) is 51.0 Å². The minimum Gasteiger partial charge on any atom is -0.456 e. The van der Waals surface area contributed by atoms with Crippen LogP contribution < -0.4 is 0 Å². The number of hydrogen-bond donors (Lipinski definition) is 0. The Balaban J connectivity index is 0.956. The number of para-hydroxylation sites is 3. The van der Waals surface area contributed by atoms with Crippen LogP contribution in [0.25, 0.3) is 117 Å². The molecule has 0 amide bonds. The van der Waals surface area contributed by atoms with E-state index < -0.39 is 0 Å². The molecule has 0 aliphatic rings. The molecule has 0 aliphatic carbocycles. The molecule has 266 valence electrons. The summed E-state index contributed by atoms with van der Waals surface area (Å²) in [5, 5.41) is 6.67. The van der Waals surface area contributed by atoms with E-state index in [-0.39, 0.29) is 0 Å². The summed E-state index contributed by atoms with van der Waals surface area (Å²) in [4.78, 5) is 15.0. The molecule has 0 unspecified atom stereocenters. The van der Waals surface area contributed by atoms with Gasteiger partial charge in [-0.3, -0.25) is 0 Å². The molecule has 0 bridgehead atoms. The molecule has 8 aromatic carbocycles. The zero-order chi connectivity index (χ0) is 37.5. The van der Waals surface area contributed by atoms with Gasteiger partial charge in [0.05, 0.1) is 11.0 Å². The van der Waals surface area contributed by atoms with Crippen LogP contribution in [0.4, 0.5) is 0 Å². The molecule has 0 saturated carbocycles. The van der Waals surface area contributed by atoms with E-state index in [0.29, 0.717) is 17.5 Å². The van der Waals surface area contributed by atoms with Crippen molar-refractivity contribution in [2.24, 2.45) is 0 Å². The zero-order valence-electron chi connectivity index (χ0n) is 30.4. The van der Waals surface area contributed by atoms with E-state index >= 15 is 0 Å². The number of aromatic nitrogens is 4. The highest BCUT2D eigenvalue weighted by Crippen LogP contribution is 2.38. The largest absolute Gasteiger partial charge is 0.456 e. The van der Waals surface area contributed by atoms with Crippen molar-refractivity contribution in [2.45, 2.75) is 0 Å². The Labute approximate surface area is 325 Å². The molecule has 12 aromatic rings. The van der Waals surface area contributed by atoms with E-state index in [2.05, 4.69) is 126 Å². The van der Waals surface area contributed by atoms with E-state index in [4.69, 9.17) is 23.8 Å². The first-order valence-corrected chi connectivity index (χ1v) is 19.0. The van der Waals surface area contributed by atoms with Crippen molar-refractivity contribution < 1.29 is 8.83 Å². The molecular weight excluding hydrogens is 701 g/mol. The molecule has 6 heteroatoms. The van der Waals surface area contributed by atoms with Crippen LogP contribution in [-0.4, -0.2) is 19.5 Å². The fourth-order valence-electron chi connectivity index (χ4n) is 8.32. The Hall–Kier alpha value is -7.83. The van der Waals surface area contributed by atoms with Gasteiger partial charge in [0.1, 0.15) is 22.3 Å². The van der Waals surface area contributed by atoms with Gasteiger partial charge in [0.2, 0.25) is 0 Å². The molecule has 6 nitrogen and oxygen atoms in total. The van der Waals surface area contributed by atoms with Gasteiger partial charge in [0.15, 0.2) is 17.5 Å². The highest BCUT2D eigenvalue weighted by molar-refractivity contribution is 6.11. The SMILES string of the molecule is c1ccc(-c2nc(-c3ccc4c(c3)oc3ccccc34)nc(-c3ccc4c(c3)oc3cc(-c5ccc6c(c5)c5ccccc5n6-c5ccccc5)ccc34)n2)cc1. The first-order chi connectivity index (χ1) is 28.2. The molecule has 0 saturated heterocycles. The molecule has 0 fully saturated rings. The van der Waals surface area contributed by atoms with Crippen molar-refractivity contribution in [3.05, 3.63) is 182 Å². The Morgan fingerprint density at radius 2 is 0.754 bits per heavy atom. The number of hydrogen-bond acceptors (Lipinski definition) is 5. The third-order valence-corrected chi connectivity index (χ3v) is 11.1. The van der Waals surface area contributed by atoms with E-state index in [1.54, 1.807) is 0 Å². The zero-order valence-corrected chi connectivity index (χ0v) is 30.4. The number of nitrogens with zero attached hydrogens (tertiary/aromatic N) is 4. The van der Waals surface area contributed by atoms with Gasteiger partial charge in [0.25, 0.3) is 0 Å². The van der Waals surface area contributed by atoms with Gasteiger partial charge in [0, 0.05) is 54.7 Å². The van der Waals surface area contributed by atoms with Gasteiger partial charge >= 0.3 is 0 Å². The summed E-state index contributed by atoms with van der Waals surface area (Å²) in [6.45, 7) is 0. The summed E-state index contributed by atoms with van der Waals surface area (Å²) >= 11 is 0. The number of fused-ring (bicyclic) bond motifs is 9. The minimum atomic E-state index is 0.564. The molecule has 0 N–H and O–H groups in total. The van der Waals surface area contributed by atoms with E-state index in [9.17, 15) is 0 Å². The Morgan fingerprint density at radius 3 is 1.44 bits per heavy atom. The van der Waals surface area contributed by atoms with Crippen molar-refractivity contribution in [3.63, 3.8) is 0 Å². The van der Waals surface area contributed by atoms with E-state index in [1.165, 1.54) is 21.8 Å². The van der Waals surface area contributed by atoms with Crippen molar-refractivity contribution in [1.29, 1.82) is 0 Å². The van der Waals surface area contributed by atoms with Crippen LogP contribution in [0, 0.1) is 0 Å². The maximum atomic E-state index is 6.62. The number of furan rings is 2. The monoisotopic (exact) mass is 730 g/mol. The third kappa shape index (κ3) is 5.08. The van der Waals surface area contributed by atoms with E-state index in [0.717, 1.165) is 77.4 Å². The summed E-state index contributed by atoms with van der Waals surface area (Å²) in [7, 11) is 0. The van der Waals surface area contributed by atoms with Gasteiger partial charge in [-0.25, -0.2) is 15.0 Å². The predicted octanol–water partition coefficient (Wildman–Crippen LogP) is 13.4. The summed E-state index contributed by atoms with van der Waals surface area (Å²) in [6.07, 6.45) is 0. The van der Waals surface area contributed by atoms with E-state index in [1.807, 2.05) is 60.7 Å². The Bertz CT molecular complexity index is 3530. The number of rotatable bonds is 5. The molecule has 0 atom stereocenters. The summed E-state index contributed by atoms with van der Waals surface area (Å²) in [5.41, 5.74) is 11.6. The molecular formula is C51H30N4O2. The first-order valence-electron chi connectivity index (χ1n) is 19.0. The maximum absolute atomic E-state index is 6.62.